The first-order valence-electron chi connectivity index (χ1n) is 19.0. The Morgan fingerprint density at radius 3 is 2.28 bits per heavy atom. The average molecular weight is 748 g/mol. The molecular formula is C46H69NO5S. The lowest BCUT2D eigenvalue weighted by Crippen LogP contribution is -2.27. The average Bonchev–Trinajstić information content (AvgIpc) is 3.11. The van der Waals surface area contributed by atoms with E-state index in [1.807, 2.05) is 57.2 Å². The molecular weight excluding hydrogens is 679 g/mol. The van der Waals surface area contributed by atoms with Crippen LogP contribution in [0.1, 0.15) is 110 Å². The van der Waals surface area contributed by atoms with Crippen LogP contribution in [0.15, 0.2) is 77.6 Å². The molecule has 1 heterocycles. The Balaban J connectivity index is 0.00000122. The van der Waals surface area contributed by atoms with Crippen LogP contribution in [0.25, 0.3) is 0 Å². The molecule has 294 valence electrons. The highest BCUT2D eigenvalue weighted by atomic mass is 32.3. The minimum atomic E-state index is -1.35. The molecule has 1 saturated heterocycles. The number of allylic oxidation sites excluding steroid dienone is 2. The topological polar surface area (TPSA) is 58.5 Å². The number of aryl methyl sites for hydroxylation is 1. The van der Waals surface area contributed by atoms with E-state index in [0.717, 1.165) is 35.5 Å². The summed E-state index contributed by atoms with van der Waals surface area (Å²) >= 11 is 0. The van der Waals surface area contributed by atoms with Gasteiger partial charge in [0.1, 0.15) is 12.4 Å². The zero-order chi connectivity index (χ0) is 39.9. The van der Waals surface area contributed by atoms with Crippen molar-refractivity contribution in [3.63, 3.8) is 0 Å². The van der Waals surface area contributed by atoms with Crippen LogP contribution in [0.5, 0.6) is 5.75 Å². The van der Waals surface area contributed by atoms with Gasteiger partial charge in [0, 0.05) is 24.2 Å². The van der Waals surface area contributed by atoms with Gasteiger partial charge in [0.05, 0.1) is 37.0 Å². The molecule has 0 spiro atoms. The van der Waals surface area contributed by atoms with E-state index in [2.05, 4.69) is 89.6 Å². The highest BCUT2D eigenvalue weighted by Gasteiger charge is 2.30. The maximum absolute atomic E-state index is 6.46. The van der Waals surface area contributed by atoms with E-state index in [1.54, 1.807) is 6.21 Å². The van der Waals surface area contributed by atoms with E-state index >= 15 is 0 Å². The number of rotatable bonds is 16. The molecule has 0 radical (unpaired) electrons. The summed E-state index contributed by atoms with van der Waals surface area (Å²) in [5, 5.41) is 0. The summed E-state index contributed by atoms with van der Waals surface area (Å²) in [6.45, 7) is 25.6. The fourth-order valence-corrected chi connectivity index (χ4v) is 5.46. The molecule has 0 N–H and O–H groups in total. The number of hydrogen-bond donors (Lipinski definition) is 0. The Hall–Kier alpha value is -3.46. The van der Waals surface area contributed by atoms with E-state index < -0.39 is 10.3 Å². The van der Waals surface area contributed by atoms with Gasteiger partial charge < -0.3 is 23.1 Å². The SMILES string of the molecule is C#C/C(=C\N=CC(=C)C(C#C)c1cc(OS(C)(C)C(C)(C)C)ccc1C)OC[C@H](C)OCC[C@@H](C)OCc1ccccc1.CC1CCCCO1.CCC. The van der Waals surface area contributed by atoms with E-state index in [1.165, 1.54) is 31.9 Å². The Bertz CT molecular complexity index is 1470. The summed E-state index contributed by atoms with van der Waals surface area (Å²) in [7, 11) is -1.35. The van der Waals surface area contributed by atoms with Crippen molar-refractivity contribution in [1.29, 1.82) is 0 Å². The largest absolute Gasteiger partial charge is 0.481 e. The third kappa shape index (κ3) is 19.4. The molecule has 4 atom stereocenters. The van der Waals surface area contributed by atoms with Gasteiger partial charge in [-0.15, -0.1) is 12.8 Å². The Kier molecular flexibility index (Phi) is 22.9. The van der Waals surface area contributed by atoms with E-state index in [9.17, 15) is 0 Å². The molecule has 2 aromatic carbocycles. The molecule has 53 heavy (non-hydrogen) atoms. The highest BCUT2D eigenvalue weighted by molar-refractivity contribution is 8.30. The summed E-state index contributed by atoms with van der Waals surface area (Å²) in [4.78, 5) is 4.36. The molecule has 0 aromatic heterocycles. The van der Waals surface area contributed by atoms with Crippen LogP contribution in [-0.4, -0.2) is 61.6 Å². The smallest absolute Gasteiger partial charge is 0.188 e. The first-order chi connectivity index (χ1) is 25.1. The van der Waals surface area contributed by atoms with Gasteiger partial charge in [0.15, 0.2) is 5.76 Å². The van der Waals surface area contributed by atoms with Crippen LogP contribution in [0.2, 0.25) is 0 Å². The van der Waals surface area contributed by atoms with Gasteiger partial charge in [-0.1, -0.05) is 79.5 Å². The van der Waals surface area contributed by atoms with E-state index in [0.29, 0.717) is 37.3 Å². The molecule has 1 aliphatic rings. The fourth-order valence-electron chi connectivity index (χ4n) is 4.62. The standard InChI is InChI=1S/C37H49NO4S.C6H12O.C3H8/c1-12-33(41-26-31(6)39-22-21-30(5)40-27-32-17-15-14-16-18-32)25-38-24-29(4)35(13-2)36-23-34(20-19-28(36)3)42-43(10,11)37(7,8)9;1-6-4-2-3-5-7-6;1-3-2/h1-2,14-20,23-25,30-31,35H,4,21-22,26-27H2,3,5-11H3;6H,2-5H2,1H3;3H2,1-2H3/b33-25+,38-24?;;/t30-,31+,35?;;/m1../s1. The van der Waals surface area contributed by atoms with Gasteiger partial charge in [-0.3, -0.25) is 4.99 Å². The van der Waals surface area contributed by atoms with Crippen molar-refractivity contribution < 1.29 is 23.1 Å². The first-order valence-corrected chi connectivity index (χ1v) is 21.3. The van der Waals surface area contributed by atoms with E-state index in [4.69, 9.17) is 36.0 Å². The van der Waals surface area contributed by atoms with Crippen LogP contribution >= 0.6 is 10.3 Å². The van der Waals surface area contributed by atoms with Crippen molar-refractivity contribution in [3.8, 4) is 30.4 Å². The molecule has 2 unspecified atom stereocenters. The molecule has 2 aromatic rings. The third-order valence-corrected chi connectivity index (χ3v) is 12.2. The quantitative estimate of drug-likeness (QED) is 0.0972. The van der Waals surface area contributed by atoms with Gasteiger partial charge in [0.25, 0.3) is 0 Å². The van der Waals surface area contributed by atoms with Crippen molar-refractivity contribution in [2.24, 2.45) is 4.99 Å². The molecule has 0 saturated carbocycles. The first kappa shape index (κ1) is 47.6. The monoisotopic (exact) mass is 747 g/mol. The number of terminal acetylenes is 2. The lowest BCUT2D eigenvalue weighted by molar-refractivity contribution is -0.0156. The van der Waals surface area contributed by atoms with Crippen LogP contribution in [0.3, 0.4) is 0 Å². The van der Waals surface area contributed by atoms with Crippen molar-refractivity contribution in [2.75, 3.05) is 32.3 Å². The summed E-state index contributed by atoms with van der Waals surface area (Å²) in [5.74, 6) is 6.12. The van der Waals surface area contributed by atoms with Crippen molar-refractivity contribution in [1.82, 2.24) is 0 Å². The van der Waals surface area contributed by atoms with E-state index in [-0.39, 0.29) is 22.9 Å². The number of benzene rings is 2. The maximum Gasteiger partial charge on any atom is 0.188 e. The predicted octanol–water partition coefficient (Wildman–Crippen LogP) is 11.4. The molecule has 3 rings (SSSR count). The zero-order valence-electron chi connectivity index (χ0n) is 34.7. The second-order valence-electron chi connectivity index (χ2n) is 14.8. The minimum absolute atomic E-state index is 0.0308. The Morgan fingerprint density at radius 2 is 1.74 bits per heavy atom. The molecule has 0 amide bonds. The van der Waals surface area contributed by atoms with Gasteiger partial charge in [-0.2, -0.15) is 0 Å². The number of ether oxygens (including phenoxy) is 4. The summed E-state index contributed by atoms with van der Waals surface area (Å²) in [6.07, 6.45) is 25.5. The van der Waals surface area contributed by atoms with Crippen LogP contribution in [-0.2, 0) is 25.6 Å². The van der Waals surface area contributed by atoms with Crippen molar-refractivity contribution in [3.05, 3.63) is 89.3 Å². The normalized spacial score (nSPS) is 16.7. The van der Waals surface area contributed by atoms with Gasteiger partial charge in [0.2, 0.25) is 0 Å². The minimum Gasteiger partial charge on any atom is -0.481 e. The van der Waals surface area contributed by atoms with Crippen molar-refractivity contribution in [2.45, 2.75) is 130 Å². The lowest BCUT2D eigenvalue weighted by Gasteiger charge is -2.43. The maximum atomic E-state index is 6.46. The zero-order valence-corrected chi connectivity index (χ0v) is 35.5. The summed E-state index contributed by atoms with van der Waals surface area (Å²) in [5.41, 5.74) is 3.84. The van der Waals surface area contributed by atoms with Crippen LogP contribution < -0.4 is 4.18 Å². The third-order valence-electron chi connectivity index (χ3n) is 8.64. The second-order valence-corrected chi connectivity index (χ2v) is 18.7. The summed E-state index contributed by atoms with van der Waals surface area (Å²) in [6, 6.07) is 16.2. The van der Waals surface area contributed by atoms with Gasteiger partial charge >= 0.3 is 0 Å². The Morgan fingerprint density at radius 1 is 1.06 bits per heavy atom. The molecule has 1 fully saturated rings. The molecule has 1 aliphatic heterocycles. The van der Waals surface area contributed by atoms with Gasteiger partial charge in [-0.25, -0.2) is 0 Å². The van der Waals surface area contributed by atoms with Crippen molar-refractivity contribution >= 4 is 16.5 Å². The van der Waals surface area contributed by atoms with Crippen LogP contribution in [0.4, 0.5) is 0 Å². The number of nitrogens with zero attached hydrogens (tertiary/aromatic N) is 1. The Labute approximate surface area is 325 Å². The molecule has 0 bridgehead atoms. The lowest BCUT2D eigenvalue weighted by atomic mass is 9.90. The van der Waals surface area contributed by atoms with Gasteiger partial charge in [-0.05, 0) is 127 Å². The number of hydrogen-bond acceptors (Lipinski definition) is 6. The molecule has 0 aliphatic carbocycles. The number of aliphatic imine (C=N–C) groups is 1. The van der Waals surface area contributed by atoms with Crippen LogP contribution in [0, 0.1) is 31.6 Å². The fraction of sp³-hybridized carbons (Fsp3) is 0.543. The molecule has 7 heteroatoms. The second kappa shape index (κ2) is 25.5. The predicted molar refractivity (Wildman–Crippen MR) is 229 cm³/mol. The molecule has 6 nitrogen and oxygen atoms in total. The highest BCUT2D eigenvalue weighted by Crippen LogP contribution is 2.53. The summed E-state index contributed by atoms with van der Waals surface area (Å²) < 4.78 is 29.3.